The summed E-state index contributed by atoms with van der Waals surface area (Å²) in [5, 5.41) is 22.4. The van der Waals surface area contributed by atoms with Gasteiger partial charge in [-0.3, -0.25) is 0 Å². The van der Waals surface area contributed by atoms with E-state index in [4.69, 9.17) is 16.3 Å². The molecule has 0 aromatic carbocycles. The molecule has 3 N–H and O–H groups in total. The van der Waals surface area contributed by atoms with E-state index in [0.29, 0.717) is 22.2 Å². The molecule has 92 valence electrons. The number of nitrogen functional groups attached to an aromatic ring is 1. The maximum atomic E-state index is 9.16. The Kier molecular flexibility index (Phi) is 2.65. The zero-order valence-corrected chi connectivity index (χ0v) is 10.8. The van der Waals surface area contributed by atoms with E-state index in [2.05, 4.69) is 17.5 Å². The third-order valence-electron chi connectivity index (χ3n) is 3.72. The van der Waals surface area contributed by atoms with E-state index in [1.807, 2.05) is 0 Å². The number of nitrogens with zero attached hydrogens (tertiary/aromatic N) is 2. The van der Waals surface area contributed by atoms with Crippen LogP contribution in [0, 0.1) is 34.5 Å². The molecule has 0 unspecified atom stereocenters. The van der Waals surface area contributed by atoms with Gasteiger partial charge in [-0.25, -0.2) is 0 Å². The van der Waals surface area contributed by atoms with Crippen LogP contribution in [0.5, 0.6) is 0 Å². The number of nitriles is 2. The van der Waals surface area contributed by atoms with Crippen molar-refractivity contribution in [1.82, 2.24) is 0 Å². The molecule has 2 aliphatic rings. The average Bonchev–Trinajstić information content (AvgIpc) is 3.25. The lowest BCUT2D eigenvalue weighted by Gasteiger charge is -2.17. The van der Waals surface area contributed by atoms with Crippen LogP contribution in [0.1, 0.15) is 36.1 Å². The number of anilines is 2. The smallest absolute Gasteiger partial charge is 0.131 e. The Bertz CT molecular complexity index is 543. The van der Waals surface area contributed by atoms with Gasteiger partial charge in [0.05, 0.1) is 5.69 Å². The van der Waals surface area contributed by atoms with Crippen molar-refractivity contribution in [3.05, 3.63) is 10.4 Å². The third-order valence-corrected chi connectivity index (χ3v) is 4.76. The molecule has 0 spiro atoms. The lowest BCUT2D eigenvalue weighted by molar-refractivity contribution is 0.569. The highest BCUT2D eigenvalue weighted by Crippen LogP contribution is 2.47. The van der Waals surface area contributed by atoms with Crippen molar-refractivity contribution in [3.63, 3.8) is 0 Å². The van der Waals surface area contributed by atoms with Gasteiger partial charge in [0.15, 0.2) is 0 Å². The van der Waals surface area contributed by atoms with Gasteiger partial charge in [-0.1, -0.05) is 0 Å². The summed E-state index contributed by atoms with van der Waals surface area (Å²) in [6, 6.07) is 4.64. The van der Waals surface area contributed by atoms with Crippen LogP contribution >= 0.6 is 11.3 Å². The fourth-order valence-electron chi connectivity index (χ4n) is 2.42. The highest BCUT2D eigenvalue weighted by molar-refractivity contribution is 7.17. The van der Waals surface area contributed by atoms with E-state index in [9.17, 15) is 0 Å². The van der Waals surface area contributed by atoms with Gasteiger partial charge >= 0.3 is 0 Å². The molecule has 2 saturated carbocycles. The van der Waals surface area contributed by atoms with Crippen molar-refractivity contribution < 1.29 is 0 Å². The Morgan fingerprint density at radius 1 is 1.17 bits per heavy atom. The Labute approximate surface area is 110 Å². The molecule has 1 heterocycles. The summed E-state index contributed by atoms with van der Waals surface area (Å²) in [6.45, 7) is 0. The van der Waals surface area contributed by atoms with Crippen molar-refractivity contribution in [2.24, 2.45) is 11.8 Å². The first-order chi connectivity index (χ1) is 8.74. The third kappa shape index (κ3) is 1.91. The van der Waals surface area contributed by atoms with E-state index < -0.39 is 0 Å². The summed E-state index contributed by atoms with van der Waals surface area (Å²) in [4.78, 5) is 0.444. The Balaban J connectivity index is 1.87. The van der Waals surface area contributed by atoms with Crippen LogP contribution in [-0.2, 0) is 0 Å². The highest BCUT2D eigenvalue weighted by atomic mass is 32.1. The van der Waals surface area contributed by atoms with Crippen molar-refractivity contribution >= 4 is 22.0 Å². The molecular weight excluding hydrogens is 244 g/mol. The molecule has 1 aromatic rings. The van der Waals surface area contributed by atoms with Crippen LogP contribution in [-0.4, -0.2) is 6.04 Å². The fraction of sp³-hybridized carbons (Fsp3) is 0.538. The second-order valence-electron chi connectivity index (χ2n) is 5.12. The van der Waals surface area contributed by atoms with Crippen molar-refractivity contribution in [2.75, 3.05) is 11.1 Å². The molecule has 0 saturated heterocycles. The highest BCUT2D eigenvalue weighted by Gasteiger charge is 2.42. The topological polar surface area (TPSA) is 85.6 Å². The zero-order chi connectivity index (χ0) is 12.7. The largest absolute Gasteiger partial charge is 0.396 e. The normalized spacial score (nSPS) is 18.4. The van der Waals surface area contributed by atoms with Crippen LogP contribution in [0.4, 0.5) is 10.7 Å². The molecule has 0 amide bonds. The SMILES string of the molecule is N#Cc1sc(NC(C2CC2)C2CC2)c(C#N)c1N. The molecule has 3 rings (SSSR count). The molecule has 4 nitrogen and oxygen atoms in total. The second kappa shape index (κ2) is 4.19. The molecule has 2 fully saturated rings. The zero-order valence-electron chi connectivity index (χ0n) is 9.94. The first-order valence-corrected chi connectivity index (χ1v) is 7.05. The Hall–Kier alpha value is -1.72. The van der Waals surface area contributed by atoms with Crippen LogP contribution in [0.2, 0.25) is 0 Å². The van der Waals surface area contributed by atoms with E-state index in [-0.39, 0.29) is 0 Å². The quantitative estimate of drug-likeness (QED) is 0.869. The number of hydrogen-bond donors (Lipinski definition) is 2. The summed E-state index contributed by atoms with van der Waals surface area (Å²) >= 11 is 1.31. The Morgan fingerprint density at radius 3 is 2.22 bits per heavy atom. The van der Waals surface area contributed by atoms with Crippen molar-refractivity contribution in [2.45, 2.75) is 31.7 Å². The Morgan fingerprint density at radius 2 is 1.78 bits per heavy atom. The van der Waals surface area contributed by atoms with Crippen LogP contribution in [0.15, 0.2) is 0 Å². The van der Waals surface area contributed by atoms with Gasteiger partial charge in [0, 0.05) is 6.04 Å². The first kappa shape index (κ1) is 11.4. The molecule has 18 heavy (non-hydrogen) atoms. The monoisotopic (exact) mass is 258 g/mol. The molecular formula is C13H14N4S. The minimum atomic E-state index is 0.331. The van der Waals surface area contributed by atoms with E-state index in [0.717, 1.165) is 16.8 Å². The van der Waals surface area contributed by atoms with Gasteiger partial charge in [-0.15, -0.1) is 11.3 Å². The summed E-state index contributed by atoms with van der Waals surface area (Å²) < 4.78 is 0. The van der Waals surface area contributed by atoms with Gasteiger partial charge in [0.1, 0.15) is 27.6 Å². The lowest BCUT2D eigenvalue weighted by atomic mass is 10.1. The van der Waals surface area contributed by atoms with Crippen LogP contribution < -0.4 is 11.1 Å². The minimum absolute atomic E-state index is 0.331. The standard InChI is InChI=1S/C13H14N4S/c14-5-9-11(16)10(6-15)18-13(9)17-12(7-1-2-7)8-3-4-8/h7-8,12,17H,1-4,16H2. The molecule has 1 aromatic heterocycles. The molecule has 0 bridgehead atoms. The predicted octanol–water partition coefficient (Wildman–Crippen LogP) is 2.67. The summed E-state index contributed by atoms with van der Waals surface area (Å²) in [5.41, 5.74) is 6.59. The van der Waals surface area contributed by atoms with E-state index in [1.165, 1.54) is 37.0 Å². The molecule has 2 aliphatic carbocycles. The second-order valence-corrected chi connectivity index (χ2v) is 6.14. The van der Waals surface area contributed by atoms with E-state index >= 15 is 0 Å². The summed E-state index contributed by atoms with van der Waals surface area (Å²) in [5.74, 6) is 1.50. The molecule has 0 atom stereocenters. The fourth-order valence-corrected chi connectivity index (χ4v) is 3.34. The maximum absolute atomic E-state index is 9.16. The summed E-state index contributed by atoms with van der Waals surface area (Å²) in [6.07, 6.45) is 5.12. The van der Waals surface area contributed by atoms with Gasteiger partial charge in [-0.2, -0.15) is 10.5 Å². The number of rotatable bonds is 4. The van der Waals surface area contributed by atoms with Crippen molar-refractivity contribution in [1.29, 1.82) is 10.5 Å². The average molecular weight is 258 g/mol. The molecule has 5 heteroatoms. The maximum Gasteiger partial charge on any atom is 0.131 e. The van der Waals surface area contributed by atoms with Gasteiger partial charge in [0.2, 0.25) is 0 Å². The number of hydrogen-bond acceptors (Lipinski definition) is 5. The molecule has 0 radical (unpaired) electrons. The van der Waals surface area contributed by atoms with Gasteiger partial charge in [0.25, 0.3) is 0 Å². The lowest BCUT2D eigenvalue weighted by Crippen LogP contribution is -2.24. The van der Waals surface area contributed by atoms with Gasteiger partial charge < -0.3 is 11.1 Å². The first-order valence-electron chi connectivity index (χ1n) is 6.23. The number of nitrogens with two attached hydrogens (primary N) is 1. The molecule has 0 aliphatic heterocycles. The van der Waals surface area contributed by atoms with Crippen LogP contribution in [0.25, 0.3) is 0 Å². The number of thiophene rings is 1. The van der Waals surface area contributed by atoms with E-state index in [1.54, 1.807) is 0 Å². The van der Waals surface area contributed by atoms with Gasteiger partial charge in [-0.05, 0) is 37.5 Å². The van der Waals surface area contributed by atoms with Crippen molar-refractivity contribution in [3.8, 4) is 12.1 Å². The van der Waals surface area contributed by atoms with Crippen LogP contribution in [0.3, 0.4) is 0 Å². The summed E-state index contributed by atoms with van der Waals surface area (Å²) in [7, 11) is 0. The predicted molar refractivity (Wildman–Crippen MR) is 71.0 cm³/mol. The minimum Gasteiger partial charge on any atom is -0.396 e. The number of nitrogens with one attached hydrogen (secondary N) is 1.